The molecule has 3 aromatic rings. The molecule has 0 radical (unpaired) electrons. The number of nitrogens with one attached hydrogen (secondary N) is 1. The maximum atomic E-state index is 12.9. The third kappa shape index (κ3) is 4.10. The van der Waals surface area contributed by atoms with E-state index in [1.165, 1.54) is 17.0 Å². The van der Waals surface area contributed by atoms with Crippen molar-refractivity contribution in [2.75, 3.05) is 4.90 Å². The van der Waals surface area contributed by atoms with Gasteiger partial charge in [-0.25, -0.2) is 4.90 Å². The normalized spacial score (nSPS) is 14.8. The lowest BCUT2D eigenvalue weighted by Gasteiger charge is -2.11. The van der Waals surface area contributed by atoms with E-state index in [-0.39, 0.29) is 29.0 Å². The Morgan fingerprint density at radius 2 is 2.09 bits per heavy atom. The van der Waals surface area contributed by atoms with E-state index in [1.54, 1.807) is 56.0 Å². The lowest BCUT2D eigenvalue weighted by molar-refractivity contribution is -0.385. The van der Waals surface area contributed by atoms with Crippen LogP contribution < -0.4 is 15.0 Å². The number of anilines is 1. The Bertz CT molecular complexity index is 1280. The number of thiocarbonyl (C=S) groups is 1. The van der Waals surface area contributed by atoms with Crippen molar-refractivity contribution < 1.29 is 18.9 Å². The van der Waals surface area contributed by atoms with Crippen molar-refractivity contribution in [1.82, 2.24) is 15.1 Å². The highest BCUT2D eigenvalue weighted by Crippen LogP contribution is 2.26. The summed E-state index contributed by atoms with van der Waals surface area (Å²) in [5.41, 5.74) is 2.13. The van der Waals surface area contributed by atoms with Gasteiger partial charge in [0.2, 0.25) is 0 Å². The van der Waals surface area contributed by atoms with Crippen LogP contribution in [0.5, 0.6) is 5.75 Å². The molecule has 0 saturated carbocycles. The van der Waals surface area contributed by atoms with E-state index in [4.69, 9.17) is 21.4 Å². The number of carbonyl (C=O) groups excluding carboxylic acids is 1. The molecule has 4 rings (SSSR count). The topological polar surface area (TPSA) is 116 Å². The maximum absolute atomic E-state index is 12.9. The molecule has 0 aliphatic carbocycles. The Kier molecular flexibility index (Phi) is 5.49. The van der Waals surface area contributed by atoms with E-state index in [0.29, 0.717) is 34.2 Å². The number of aromatic nitrogens is 2. The first-order chi connectivity index (χ1) is 15.2. The molecule has 0 bridgehead atoms. The molecule has 1 N–H and O–H groups in total. The highest BCUT2D eigenvalue weighted by atomic mass is 32.1. The monoisotopic (exact) mass is 453 g/mol. The first-order valence-corrected chi connectivity index (χ1v) is 9.97. The molecular weight excluding hydrogens is 434 g/mol. The van der Waals surface area contributed by atoms with E-state index in [0.717, 1.165) is 0 Å². The zero-order valence-corrected chi connectivity index (χ0v) is 18.3. The van der Waals surface area contributed by atoms with E-state index in [2.05, 4.69) is 10.4 Å². The van der Waals surface area contributed by atoms with Gasteiger partial charge in [0.25, 0.3) is 11.6 Å². The molecular formula is C21H19N5O5S. The van der Waals surface area contributed by atoms with Crippen molar-refractivity contribution in [3.8, 4) is 5.75 Å². The first kappa shape index (κ1) is 21.2. The highest BCUT2D eigenvalue weighted by molar-refractivity contribution is 7.80. The lowest BCUT2D eigenvalue weighted by atomic mass is 10.2. The number of nitro groups is 1. The van der Waals surface area contributed by atoms with Crippen LogP contribution in [0.15, 0.2) is 46.6 Å². The number of hydrogen-bond donors (Lipinski definition) is 1. The van der Waals surface area contributed by atoms with Gasteiger partial charge >= 0.3 is 0 Å². The molecule has 1 fully saturated rings. The Balaban J connectivity index is 1.45. The molecule has 0 atom stereocenters. The molecule has 1 amide bonds. The Labute approximate surface area is 188 Å². The number of ether oxygens (including phenoxy) is 1. The molecule has 164 valence electrons. The summed E-state index contributed by atoms with van der Waals surface area (Å²) in [6.45, 7) is 3.58. The number of amides is 1. The van der Waals surface area contributed by atoms with Crippen molar-refractivity contribution in [2.24, 2.45) is 7.05 Å². The summed E-state index contributed by atoms with van der Waals surface area (Å²) in [7, 11) is 1.77. The second-order valence-corrected chi connectivity index (χ2v) is 7.59. The smallest absolute Gasteiger partial charge is 0.281 e. The Morgan fingerprint density at radius 1 is 1.31 bits per heavy atom. The van der Waals surface area contributed by atoms with E-state index in [9.17, 15) is 14.9 Å². The molecule has 3 heterocycles. The summed E-state index contributed by atoms with van der Waals surface area (Å²) in [6.07, 6.45) is 3.30. The van der Waals surface area contributed by atoms with Crippen molar-refractivity contribution in [2.45, 2.75) is 20.5 Å². The van der Waals surface area contributed by atoms with Crippen LogP contribution in [0.25, 0.3) is 6.08 Å². The van der Waals surface area contributed by atoms with Gasteiger partial charge in [0.05, 0.1) is 16.3 Å². The van der Waals surface area contributed by atoms with E-state index < -0.39 is 4.92 Å². The summed E-state index contributed by atoms with van der Waals surface area (Å²) in [5.74, 6) is 1.17. The fraction of sp³-hybridized carbons (Fsp3) is 0.190. The minimum Gasteiger partial charge on any atom is -0.486 e. The molecule has 10 nitrogen and oxygen atoms in total. The van der Waals surface area contributed by atoms with Gasteiger partial charge in [-0.15, -0.1) is 0 Å². The molecule has 0 unspecified atom stereocenters. The fourth-order valence-electron chi connectivity index (χ4n) is 3.33. The standard InChI is InChI=1S/C21H19N5O5S/c1-12-8-14(6-7-18(12)26(28)29)30-11-16-5-4-15(31-16)9-17-20(27)25(21(32)22-17)19-10-24(3)23-13(19)2/h4-10H,11H2,1-3H3,(H,22,32)/b17-9+. The Morgan fingerprint density at radius 3 is 2.75 bits per heavy atom. The Hall–Kier alpha value is -3.99. The van der Waals surface area contributed by atoms with Gasteiger partial charge in [-0.1, -0.05) is 0 Å². The number of nitro benzene ring substituents is 1. The van der Waals surface area contributed by atoms with Crippen LogP contribution in [0, 0.1) is 24.0 Å². The molecule has 1 saturated heterocycles. The van der Waals surface area contributed by atoms with Gasteiger partial charge in [0.15, 0.2) is 5.11 Å². The summed E-state index contributed by atoms with van der Waals surface area (Å²) >= 11 is 5.32. The minimum absolute atomic E-state index is 0.0337. The molecule has 0 spiro atoms. The lowest BCUT2D eigenvalue weighted by Crippen LogP contribution is -2.30. The van der Waals surface area contributed by atoms with Crippen LogP contribution in [0.4, 0.5) is 11.4 Å². The van der Waals surface area contributed by atoms with Crippen LogP contribution in [0.1, 0.15) is 22.8 Å². The zero-order valence-electron chi connectivity index (χ0n) is 17.5. The molecule has 11 heteroatoms. The third-order valence-corrected chi connectivity index (χ3v) is 5.11. The van der Waals surface area contributed by atoms with Crippen molar-refractivity contribution in [1.29, 1.82) is 0 Å². The van der Waals surface area contributed by atoms with Crippen LogP contribution >= 0.6 is 12.2 Å². The number of carbonyl (C=O) groups is 1. The number of rotatable bonds is 6. The number of aryl methyl sites for hydroxylation is 3. The highest BCUT2D eigenvalue weighted by Gasteiger charge is 2.34. The van der Waals surface area contributed by atoms with Crippen LogP contribution in [-0.2, 0) is 18.4 Å². The summed E-state index contributed by atoms with van der Waals surface area (Å²) in [4.78, 5) is 24.7. The average Bonchev–Trinajstić information content (AvgIpc) is 3.38. The quantitative estimate of drug-likeness (QED) is 0.261. The number of nitrogens with zero attached hydrogens (tertiary/aromatic N) is 4. The van der Waals surface area contributed by atoms with Gasteiger partial charge in [0.1, 0.15) is 29.6 Å². The molecule has 1 aliphatic rings. The summed E-state index contributed by atoms with van der Waals surface area (Å²) in [6, 6.07) is 7.97. The van der Waals surface area contributed by atoms with Gasteiger partial charge in [0, 0.05) is 31.0 Å². The maximum Gasteiger partial charge on any atom is 0.281 e. The van der Waals surface area contributed by atoms with Crippen LogP contribution in [0.2, 0.25) is 0 Å². The number of furan rings is 1. The molecule has 2 aromatic heterocycles. The first-order valence-electron chi connectivity index (χ1n) is 9.57. The average molecular weight is 453 g/mol. The number of hydrogen-bond acceptors (Lipinski definition) is 7. The largest absolute Gasteiger partial charge is 0.486 e. The second kappa shape index (κ2) is 8.27. The minimum atomic E-state index is -0.438. The fourth-order valence-corrected chi connectivity index (χ4v) is 3.62. The number of benzene rings is 1. The third-order valence-electron chi connectivity index (χ3n) is 4.82. The zero-order chi connectivity index (χ0) is 23.0. The van der Waals surface area contributed by atoms with E-state index >= 15 is 0 Å². The second-order valence-electron chi connectivity index (χ2n) is 7.20. The molecule has 1 aliphatic heterocycles. The van der Waals surface area contributed by atoms with Crippen LogP contribution in [0.3, 0.4) is 0 Å². The van der Waals surface area contributed by atoms with Gasteiger partial charge in [-0.05, 0) is 50.3 Å². The molecule has 1 aromatic carbocycles. The van der Waals surface area contributed by atoms with Crippen molar-refractivity contribution >= 4 is 40.7 Å². The SMILES string of the molecule is Cc1cc(OCc2ccc(/C=C3/NC(=S)N(c4cn(C)nc4C)C3=O)o2)ccc1[N+](=O)[O-]. The predicted molar refractivity (Wildman–Crippen MR) is 120 cm³/mol. The van der Waals surface area contributed by atoms with E-state index in [1.807, 2.05) is 0 Å². The summed E-state index contributed by atoms with van der Waals surface area (Å²) < 4.78 is 13.0. The summed E-state index contributed by atoms with van der Waals surface area (Å²) in [5, 5.41) is 18.3. The molecule has 32 heavy (non-hydrogen) atoms. The van der Waals surface area contributed by atoms with Crippen molar-refractivity contribution in [3.63, 3.8) is 0 Å². The van der Waals surface area contributed by atoms with Gasteiger partial charge in [-0.3, -0.25) is 19.6 Å². The predicted octanol–water partition coefficient (Wildman–Crippen LogP) is 3.38. The van der Waals surface area contributed by atoms with Crippen molar-refractivity contribution in [3.05, 3.63) is 75.1 Å². The van der Waals surface area contributed by atoms with Crippen LogP contribution in [-0.4, -0.2) is 25.7 Å². The van der Waals surface area contributed by atoms with Gasteiger partial charge < -0.3 is 14.5 Å². The van der Waals surface area contributed by atoms with Gasteiger partial charge in [-0.2, -0.15) is 5.10 Å².